The van der Waals surface area contributed by atoms with Gasteiger partial charge in [-0.25, -0.2) is 0 Å². The summed E-state index contributed by atoms with van der Waals surface area (Å²) in [6.45, 7) is 0.673. The highest BCUT2D eigenvalue weighted by atomic mass is 16.5. The van der Waals surface area contributed by atoms with Crippen molar-refractivity contribution in [3.8, 4) is 5.75 Å². The number of hydrogen-bond acceptors (Lipinski definition) is 2. The smallest absolute Gasteiger partial charge is 0.129 e. The Morgan fingerprint density at radius 3 is 2.88 bits per heavy atom. The fourth-order valence-corrected chi connectivity index (χ4v) is 2.51. The molecule has 0 aliphatic carbocycles. The summed E-state index contributed by atoms with van der Waals surface area (Å²) >= 11 is 0. The molecular weight excluding hydrogens is 214 g/mol. The highest BCUT2D eigenvalue weighted by Crippen LogP contribution is 2.37. The van der Waals surface area contributed by atoms with E-state index in [2.05, 4.69) is 23.9 Å². The number of benzene rings is 2. The van der Waals surface area contributed by atoms with E-state index in [0.29, 0.717) is 6.61 Å². The molecule has 2 atom stereocenters. The van der Waals surface area contributed by atoms with E-state index < -0.39 is 0 Å². The van der Waals surface area contributed by atoms with Gasteiger partial charge in [0.15, 0.2) is 0 Å². The van der Waals surface area contributed by atoms with Crippen LogP contribution in [-0.4, -0.2) is 18.3 Å². The first-order chi connectivity index (χ1) is 8.31. The van der Waals surface area contributed by atoms with Crippen LogP contribution in [0.4, 0.5) is 0 Å². The summed E-state index contributed by atoms with van der Waals surface area (Å²) in [5, 5.41) is 11.7. The van der Waals surface area contributed by atoms with Crippen molar-refractivity contribution in [1.82, 2.24) is 0 Å². The second-order valence-corrected chi connectivity index (χ2v) is 4.56. The topological polar surface area (TPSA) is 57.1 Å². The van der Waals surface area contributed by atoms with Gasteiger partial charge in [0.05, 0.1) is 24.7 Å². The minimum Gasteiger partial charge on any atom is -0.492 e. The van der Waals surface area contributed by atoms with E-state index in [1.807, 2.05) is 18.2 Å². The van der Waals surface area contributed by atoms with E-state index in [1.165, 1.54) is 10.8 Å². The van der Waals surface area contributed by atoms with Gasteiger partial charge < -0.3 is 15.6 Å². The maximum atomic E-state index is 9.34. The van der Waals surface area contributed by atoms with E-state index in [9.17, 15) is 5.11 Å². The molecule has 0 radical (unpaired) electrons. The number of ether oxygens (including phenoxy) is 1. The average Bonchev–Trinajstić information content (AvgIpc) is 2.38. The number of fused-ring (bicyclic) bond motifs is 3. The summed E-state index contributed by atoms with van der Waals surface area (Å²) in [5.41, 5.74) is 5.33. The highest BCUT2D eigenvalue weighted by Gasteiger charge is 2.32. The van der Waals surface area contributed by atoms with E-state index in [4.69, 9.17) is 4.74 Å². The van der Waals surface area contributed by atoms with E-state index in [0.717, 1.165) is 11.3 Å². The van der Waals surface area contributed by atoms with Crippen molar-refractivity contribution >= 4 is 10.8 Å². The number of quaternary nitrogens is 1. The molecule has 1 aliphatic heterocycles. The molecule has 1 heterocycles. The zero-order chi connectivity index (χ0) is 11.8. The maximum Gasteiger partial charge on any atom is 0.129 e. The Bertz CT molecular complexity index is 553. The monoisotopic (exact) mass is 230 g/mol. The van der Waals surface area contributed by atoms with Gasteiger partial charge in [0.1, 0.15) is 11.8 Å². The first-order valence-electron chi connectivity index (χ1n) is 5.89. The van der Waals surface area contributed by atoms with Crippen molar-refractivity contribution in [3.63, 3.8) is 0 Å². The molecule has 0 spiro atoms. The van der Waals surface area contributed by atoms with Crippen molar-refractivity contribution in [1.29, 1.82) is 0 Å². The minimum atomic E-state index is 0.0910. The van der Waals surface area contributed by atoms with Crippen LogP contribution in [0.2, 0.25) is 0 Å². The Labute approximate surface area is 99.8 Å². The summed E-state index contributed by atoms with van der Waals surface area (Å²) in [6, 6.07) is 12.4. The molecule has 0 bridgehead atoms. The Kier molecular flexibility index (Phi) is 2.50. The molecule has 3 nitrogen and oxygen atoms in total. The largest absolute Gasteiger partial charge is 0.492 e. The molecule has 2 aromatic carbocycles. The molecule has 0 saturated heterocycles. The van der Waals surface area contributed by atoms with Gasteiger partial charge in [-0.2, -0.15) is 0 Å². The summed E-state index contributed by atoms with van der Waals surface area (Å²) in [5.74, 6) is 1.00. The van der Waals surface area contributed by atoms with Gasteiger partial charge in [0.25, 0.3) is 0 Å². The first-order valence-corrected chi connectivity index (χ1v) is 5.89. The lowest BCUT2D eigenvalue weighted by molar-refractivity contribution is -0.444. The van der Waals surface area contributed by atoms with Crippen molar-refractivity contribution < 1.29 is 15.6 Å². The Hall–Kier alpha value is -1.58. The van der Waals surface area contributed by atoms with Crippen molar-refractivity contribution in [3.05, 3.63) is 42.0 Å². The lowest BCUT2D eigenvalue weighted by atomic mass is 9.88. The van der Waals surface area contributed by atoms with Crippen LogP contribution in [0.3, 0.4) is 0 Å². The highest BCUT2D eigenvalue weighted by molar-refractivity contribution is 5.88. The molecule has 0 saturated carbocycles. The third-order valence-corrected chi connectivity index (χ3v) is 3.56. The SMILES string of the molecule is [NH3+][C@H]1c2c(ccc3ccccc23)OC[C@H]1CO. The number of aliphatic hydroxyl groups excluding tert-OH is 1. The lowest BCUT2D eigenvalue weighted by Gasteiger charge is -2.28. The van der Waals surface area contributed by atoms with Gasteiger partial charge in [0, 0.05) is 0 Å². The van der Waals surface area contributed by atoms with E-state index >= 15 is 0 Å². The average molecular weight is 230 g/mol. The van der Waals surface area contributed by atoms with Crippen LogP contribution >= 0.6 is 0 Å². The van der Waals surface area contributed by atoms with E-state index in [1.54, 1.807) is 0 Å². The molecule has 0 fully saturated rings. The second kappa shape index (κ2) is 4.02. The van der Waals surface area contributed by atoms with Crippen LogP contribution in [0.1, 0.15) is 11.6 Å². The molecule has 1 aliphatic rings. The Morgan fingerprint density at radius 2 is 2.06 bits per heavy atom. The third-order valence-electron chi connectivity index (χ3n) is 3.56. The number of aliphatic hydroxyl groups is 1. The first kappa shape index (κ1) is 10.6. The summed E-state index contributed by atoms with van der Waals surface area (Å²) < 4.78 is 5.71. The van der Waals surface area contributed by atoms with Crippen molar-refractivity contribution in [2.24, 2.45) is 5.92 Å². The van der Waals surface area contributed by atoms with Crippen LogP contribution in [-0.2, 0) is 0 Å². The van der Waals surface area contributed by atoms with Crippen LogP contribution in [0.5, 0.6) is 5.75 Å². The van der Waals surface area contributed by atoms with Crippen molar-refractivity contribution in [2.75, 3.05) is 13.2 Å². The zero-order valence-electron chi connectivity index (χ0n) is 9.60. The van der Waals surface area contributed by atoms with Gasteiger partial charge in [0.2, 0.25) is 0 Å². The van der Waals surface area contributed by atoms with Gasteiger partial charge in [-0.1, -0.05) is 30.3 Å². The number of hydrogen-bond donors (Lipinski definition) is 2. The summed E-state index contributed by atoms with van der Waals surface area (Å²) in [7, 11) is 0. The molecular formula is C14H16NO2+. The van der Waals surface area contributed by atoms with E-state index in [-0.39, 0.29) is 18.6 Å². The van der Waals surface area contributed by atoms with Crippen molar-refractivity contribution in [2.45, 2.75) is 6.04 Å². The minimum absolute atomic E-state index is 0.0910. The summed E-state index contributed by atoms with van der Waals surface area (Å²) in [4.78, 5) is 0. The molecule has 2 aromatic rings. The molecule has 0 amide bonds. The zero-order valence-corrected chi connectivity index (χ0v) is 9.60. The molecule has 3 rings (SSSR count). The molecule has 4 N–H and O–H groups in total. The molecule has 3 heteroatoms. The normalized spacial score (nSPS) is 23.2. The number of rotatable bonds is 1. The van der Waals surface area contributed by atoms with Gasteiger partial charge in [-0.15, -0.1) is 0 Å². The molecule has 0 unspecified atom stereocenters. The fraction of sp³-hybridized carbons (Fsp3) is 0.286. The van der Waals surface area contributed by atoms with Crippen LogP contribution in [0, 0.1) is 5.92 Å². The fourth-order valence-electron chi connectivity index (χ4n) is 2.51. The molecule has 0 aromatic heterocycles. The third kappa shape index (κ3) is 1.59. The van der Waals surface area contributed by atoms with Crippen LogP contribution in [0.25, 0.3) is 10.8 Å². The Morgan fingerprint density at radius 1 is 1.24 bits per heavy atom. The quantitative estimate of drug-likeness (QED) is 0.771. The predicted octanol–water partition coefficient (Wildman–Crippen LogP) is 1.12. The lowest BCUT2D eigenvalue weighted by Crippen LogP contribution is -2.60. The van der Waals surface area contributed by atoms with Gasteiger partial charge in [-0.3, -0.25) is 0 Å². The maximum absolute atomic E-state index is 9.34. The van der Waals surface area contributed by atoms with Gasteiger partial charge >= 0.3 is 0 Å². The predicted molar refractivity (Wildman–Crippen MR) is 65.6 cm³/mol. The molecule has 88 valence electrons. The van der Waals surface area contributed by atoms with Gasteiger partial charge in [-0.05, 0) is 16.8 Å². The second-order valence-electron chi connectivity index (χ2n) is 4.56. The molecule has 17 heavy (non-hydrogen) atoms. The van der Waals surface area contributed by atoms with Crippen LogP contribution in [0.15, 0.2) is 36.4 Å². The van der Waals surface area contributed by atoms with Crippen LogP contribution < -0.4 is 10.5 Å². The summed E-state index contributed by atoms with van der Waals surface area (Å²) in [6.07, 6.45) is 0. The standard InChI is InChI=1S/C14H15NO2/c15-14-10(7-16)8-17-12-6-5-9-3-1-2-4-11(9)13(12)14/h1-6,10,14,16H,7-8,15H2/p+1/t10-,14-/m1/s1. The Balaban J connectivity index is 2.24.